The van der Waals surface area contributed by atoms with E-state index in [1.807, 2.05) is 13.8 Å². The van der Waals surface area contributed by atoms with Crippen LogP contribution >= 0.6 is 0 Å². The largest absolute Gasteiger partial charge is 0.377 e. The highest BCUT2D eigenvalue weighted by molar-refractivity contribution is 5.19. The minimum Gasteiger partial charge on any atom is -0.377 e. The summed E-state index contributed by atoms with van der Waals surface area (Å²) in [6.45, 7) is 4.31. The number of nitrogens with two attached hydrogens (primary N) is 1. The van der Waals surface area contributed by atoms with E-state index in [1.54, 1.807) is 0 Å². The molecule has 0 saturated carbocycles. The second-order valence-electron chi connectivity index (χ2n) is 3.81. The van der Waals surface area contributed by atoms with Crippen molar-refractivity contribution in [3.63, 3.8) is 0 Å². The van der Waals surface area contributed by atoms with Crippen molar-refractivity contribution in [2.45, 2.75) is 32.4 Å². The molecule has 0 saturated heterocycles. The molecule has 1 aromatic carbocycles. The molecule has 0 aromatic heterocycles. The normalized spacial score (nSPS) is 14.8. The van der Waals surface area contributed by atoms with Crippen LogP contribution in [0, 0.1) is 11.6 Å². The molecule has 2 N–H and O–H groups in total. The molecular formula is C12H17F2NO. The summed E-state index contributed by atoms with van der Waals surface area (Å²) in [5.41, 5.74) is 6.42. The molecule has 2 unspecified atom stereocenters. The van der Waals surface area contributed by atoms with Crippen molar-refractivity contribution in [1.82, 2.24) is 0 Å². The van der Waals surface area contributed by atoms with Crippen molar-refractivity contribution >= 4 is 0 Å². The van der Waals surface area contributed by atoms with E-state index in [1.165, 1.54) is 12.1 Å². The summed E-state index contributed by atoms with van der Waals surface area (Å²) in [6.07, 6.45) is 0.270. The molecule has 4 heteroatoms. The van der Waals surface area contributed by atoms with Gasteiger partial charge >= 0.3 is 0 Å². The highest BCUT2D eigenvalue weighted by Crippen LogP contribution is 2.11. The van der Waals surface area contributed by atoms with Crippen LogP contribution in [0.1, 0.15) is 19.4 Å². The first-order valence-corrected chi connectivity index (χ1v) is 5.35. The van der Waals surface area contributed by atoms with Gasteiger partial charge in [-0.05, 0) is 38.0 Å². The molecule has 2 nitrogen and oxygen atoms in total. The predicted octanol–water partition coefficient (Wildman–Crippen LogP) is 2.26. The Balaban J connectivity index is 2.65. The van der Waals surface area contributed by atoms with E-state index in [9.17, 15) is 8.78 Å². The number of ether oxygens (including phenoxy) is 1. The third kappa shape index (κ3) is 3.87. The lowest BCUT2D eigenvalue weighted by Gasteiger charge is -2.19. The standard InChI is InChI=1S/C12H17F2NO/c1-3-16-8(2)12(15)6-9-4-10(13)7-11(14)5-9/h4-5,7-8,12H,3,6,15H2,1-2H3. The van der Waals surface area contributed by atoms with Crippen LogP contribution in [0.25, 0.3) is 0 Å². The van der Waals surface area contributed by atoms with Crippen LogP contribution in [0.3, 0.4) is 0 Å². The summed E-state index contributed by atoms with van der Waals surface area (Å²) in [4.78, 5) is 0. The average Bonchev–Trinajstić information content (AvgIpc) is 2.16. The first-order valence-electron chi connectivity index (χ1n) is 5.35. The Morgan fingerprint density at radius 1 is 1.25 bits per heavy atom. The van der Waals surface area contributed by atoms with E-state index in [2.05, 4.69) is 0 Å². The lowest BCUT2D eigenvalue weighted by molar-refractivity contribution is 0.0577. The van der Waals surface area contributed by atoms with E-state index in [-0.39, 0.29) is 12.1 Å². The van der Waals surface area contributed by atoms with Gasteiger partial charge in [-0.25, -0.2) is 8.78 Å². The third-order valence-electron chi connectivity index (χ3n) is 2.43. The zero-order valence-corrected chi connectivity index (χ0v) is 9.54. The van der Waals surface area contributed by atoms with Gasteiger partial charge in [0.05, 0.1) is 6.10 Å². The maximum Gasteiger partial charge on any atom is 0.126 e. The van der Waals surface area contributed by atoms with Gasteiger partial charge in [-0.3, -0.25) is 0 Å². The molecule has 0 amide bonds. The molecule has 0 spiro atoms. The van der Waals surface area contributed by atoms with Crippen LogP contribution in [0.5, 0.6) is 0 Å². The molecule has 16 heavy (non-hydrogen) atoms. The Morgan fingerprint density at radius 3 is 2.31 bits per heavy atom. The molecular weight excluding hydrogens is 212 g/mol. The Bertz CT molecular complexity index is 324. The van der Waals surface area contributed by atoms with Crippen LogP contribution in [-0.4, -0.2) is 18.8 Å². The molecule has 0 bridgehead atoms. The zero-order chi connectivity index (χ0) is 12.1. The van der Waals surface area contributed by atoms with Crippen LogP contribution in [0.2, 0.25) is 0 Å². The summed E-state index contributed by atoms with van der Waals surface area (Å²) >= 11 is 0. The fourth-order valence-electron chi connectivity index (χ4n) is 1.55. The van der Waals surface area contributed by atoms with Crippen molar-refractivity contribution in [3.05, 3.63) is 35.4 Å². The highest BCUT2D eigenvalue weighted by atomic mass is 19.1. The van der Waals surface area contributed by atoms with Crippen LogP contribution < -0.4 is 5.73 Å². The van der Waals surface area contributed by atoms with Gasteiger partial charge < -0.3 is 10.5 Å². The van der Waals surface area contributed by atoms with Gasteiger partial charge in [-0.1, -0.05) is 0 Å². The number of hydrogen-bond acceptors (Lipinski definition) is 2. The maximum absolute atomic E-state index is 12.9. The van der Waals surface area contributed by atoms with Crippen molar-refractivity contribution in [2.75, 3.05) is 6.61 Å². The molecule has 0 heterocycles. The Morgan fingerprint density at radius 2 is 1.81 bits per heavy atom. The Labute approximate surface area is 94.4 Å². The van der Waals surface area contributed by atoms with E-state index >= 15 is 0 Å². The fourth-order valence-corrected chi connectivity index (χ4v) is 1.55. The number of halogens is 2. The second kappa shape index (κ2) is 5.92. The zero-order valence-electron chi connectivity index (χ0n) is 9.54. The molecule has 90 valence electrons. The average molecular weight is 229 g/mol. The van der Waals surface area contributed by atoms with Crippen LogP contribution in [0.4, 0.5) is 8.78 Å². The minimum atomic E-state index is -0.578. The molecule has 0 radical (unpaired) electrons. The van der Waals surface area contributed by atoms with Crippen molar-refractivity contribution in [3.8, 4) is 0 Å². The summed E-state index contributed by atoms with van der Waals surface area (Å²) in [5, 5.41) is 0. The quantitative estimate of drug-likeness (QED) is 0.840. The summed E-state index contributed by atoms with van der Waals surface area (Å²) in [6, 6.07) is 3.17. The topological polar surface area (TPSA) is 35.2 Å². The van der Waals surface area contributed by atoms with Crippen LogP contribution in [-0.2, 0) is 11.2 Å². The number of rotatable bonds is 5. The maximum atomic E-state index is 12.9. The third-order valence-corrected chi connectivity index (χ3v) is 2.43. The monoisotopic (exact) mass is 229 g/mol. The Kier molecular flexibility index (Phi) is 4.83. The molecule has 0 aliphatic heterocycles. The first-order chi connectivity index (χ1) is 7.52. The minimum absolute atomic E-state index is 0.128. The van der Waals surface area contributed by atoms with Gasteiger partial charge in [-0.15, -0.1) is 0 Å². The van der Waals surface area contributed by atoms with E-state index < -0.39 is 11.6 Å². The van der Waals surface area contributed by atoms with Crippen molar-refractivity contribution in [2.24, 2.45) is 5.73 Å². The van der Waals surface area contributed by atoms with Gasteiger partial charge in [0.25, 0.3) is 0 Å². The smallest absolute Gasteiger partial charge is 0.126 e. The van der Waals surface area contributed by atoms with Gasteiger partial charge in [0.2, 0.25) is 0 Å². The summed E-state index contributed by atoms with van der Waals surface area (Å²) in [5.74, 6) is -1.16. The van der Waals surface area contributed by atoms with Gasteiger partial charge in [0, 0.05) is 18.7 Å². The van der Waals surface area contributed by atoms with E-state index in [4.69, 9.17) is 10.5 Å². The first kappa shape index (κ1) is 13.1. The van der Waals surface area contributed by atoms with Crippen molar-refractivity contribution < 1.29 is 13.5 Å². The molecule has 0 aliphatic rings. The SMILES string of the molecule is CCOC(C)C(N)Cc1cc(F)cc(F)c1. The van der Waals surface area contributed by atoms with Crippen LogP contribution in [0.15, 0.2) is 18.2 Å². The van der Waals surface area contributed by atoms with Crippen molar-refractivity contribution in [1.29, 1.82) is 0 Å². The number of benzene rings is 1. The second-order valence-corrected chi connectivity index (χ2v) is 3.81. The lowest BCUT2D eigenvalue weighted by atomic mass is 10.0. The van der Waals surface area contributed by atoms with E-state index in [0.29, 0.717) is 18.6 Å². The van der Waals surface area contributed by atoms with E-state index in [0.717, 1.165) is 6.07 Å². The molecule has 2 atom stereocenters. The summed E-state index contributed by atoms with van der Waals surface area (Å²) in [7, 11) is 0. The molecule has 1 rings (SSSR count). The number of hydrogen-bond donors (Lipinski definition) is 1. The fraction of sp³-hybridized carbons (Fsp3) is 0.500. The Hall–Kier alpha value is -1.00. The highest BCUT2D eigenvalue weighted by Gasteiger charge is 2.14. The van der Waals surface area contributed by atoms with Gasteiger partial charge in [0.1, 0.15) is 11.6 Å². The van der Waals surface area contributed by atoms with Gasteiger partial charge in [0.15, 0.2) is 0 Å². The predicted molar refractivity (Wildman–Crippen MR) is 59.1 cm³/mol. The molecule has 0 fully saturated rings. The molecule has 0 aliphatic carbocycles. The summed E-state index contributed by atoms with van der Waals surface area (Å²) < 4.78 is 31.2. The van der Waals surface area contributed by atoms with Gasteiger partial charge in [-0.2, -0.15) is 0 Å². The lowest BCUT2D eigenvalue weighted by Crippen LogP contribution is -2.36. The molecule has 1 aromatic rings.